The van der Waals surface area contributed by atoms with E-state index >= 15 is 0 Å². The molecule has 6 nitrogen and oxygen atoms in total. The molecule has 4 rings (SSSR count). The quantitative estimate of drug-likeness (QED) is 0.746. The van der Waals surface area contributed by atoms with Crippen molar-refractivity contribution in [1.82, 2.24) is 14.8 Å². The van der Waals surface area contributed by atoms with Gasteiger partial charge >= 0.3 is 6.18 Å². The highest BCUT2D eigenvalue weighted by Gasteiger charge is 2.44. The first-order valence-corrected chi connectivity index (χ1v) is 10.9. The van der Waals surface area contributed by atoms with Gasteiger partial charge in [-0.15, -0.1) is 0 Å². The van der Waals surface area contributed by atoms with E-state index in [9.17, 15) is 18.0 Å². The van der Waals surface area contributed by atoms with Crippen LogP contribution >= 0.6 is 0 Å². The number of rotatable bonds is 5. The lowest BCUT2D eigenvalue weighted by molar-refractivity contribution is -0.144. The van der Waals surface area contributed by atoms with Gasteiger partial charge < -0.3 is 24.3 Å². The molecule has 2 aromatic rings. The summed E-state index contributed by atoms with van der Waals surface area (Å²) in [7, 11) is 1.53. The van der Waals surface area contributed by atoms with Crippen LogP contribution in [0.25, 0.3) is 0 Å². The first-order valence-electron chi connectivity index (χ1n) is 10.9. The van der Waals surface area contributed by atoms with Gasteiger partial charge in [-0.05, 0) is 49.6 Å². The molecule has 1 N–H and O–H groups in total. The standard InChI is InChI=1S/C23H28F3N3O3/c1-3-14-32-17-5-4-16(15-18(17)31-2)21(30)28-11-8-22(9-12-28)19-6-7-20(23(24,25)26)29(19)13-10-27-22/h4-7,15,27H,3,8-14H2,1-2H3. The Hall–Kier alpha value is -2.68. The Kier molecular flexibility index (Phi) is 6.11. The molecule has 1 saturated heterocycles. The summed E-state index contributed by atoms with van der Waals surface area (Å²) in [4.78, 5) is 14.9. The number of methoxy groups -OCH3 is 1. The van der Waals surface area contributed by atoms with Crippen LogP contribution in [0.4, 0.5) is 13.2 Å². The van der Waals surface area contributed by atoms with Crippen LogP contribution < -0.4 is 14.8 Å². The van der Waals surface area contributed by atoms with Crippen LogP contribution in [0.15, 0.2) is 30.3 Å². The van der Waals surface area contributed by atoms with Crippen molar-refractivity contribution in [3.63, 3.8) is 0 Å². The van der Waals surface area contributed by atoms with E-state index < -0.39 is 17.4 Å². The number of hydrogen-bond acceptors (Lipinski definition) is 4. The van der Waals surface area contributed by atoms with Gasteiger partial charge in [0.2, 0.25) is 0 Å². The summed E-state index contributed by atoms with van der Waals surface area (Å²) in [6.07, 6.45) is -2.41. The number of piperidine rings is 1. The first kappa shape index (κ1) is 22.5. The lowest BCUT2D eigenvalue weighted by Gasteiger charge is -2.45. The first-order chi connectivity index (χ1) is 15.3. The molecule has 1 spiro atoms. The molecule has 0 saturated carbocycles. The minimum absolute atomic E-state index is 0.123. The Balaban J connectivity index is 1.49. The van der Waals surface area contributed by atoms with Gasteiger partial charge in [-0.25, -0.2) is 0 Å². The van der Waals surface area contributed by atoms with Gasteiger partial charge in [-0.2, -0.15) is 13.2 Å². The average molecular weight is 451 g/mol. The largest absolute Gasteiger partial charge is 0.493 e. The number of fused-ring (bicyclic) bond motifs is 2. The molecule has 0 radical (unpaired) electrons. The molecule has 1 amide bonds. The number of nitrogens with one attached hydrogen (secondary N) is 1. The number of ether oxygens (including phenoxy) is 2. The predicted octanol–water partition coefficient (Wildman–Crippen LogP) is 4.04. The maximum atomic E-state index is 13.4. The van der Waals surface area contributed by atoms with Crippen LogP contribution in [0.2, 0.25) is 0 Å². The predicted molar refractivity (Wildman–Crippen MR) is 113 cm³/mol. The Labute approximate surface area is 185 Å². The molecular formula is C23H28F3N3O3. The summed E-state index contributed by atoms with van der Waals surface area (Å²) >= 11 is 0. The highest BCUT2D eigenvalue weighted by atomic mass is 19.4. The lowest BCUT2D eigenvalue weighted by atomic mass is 9.83. The molecule has 1 aromatic heterocycles. The second-order valence-electron chi connectivity index (χ2n) is 8.27. The van der Waals surface area contributed by atoms with E-state index in [-0.39, 0.29) is 12.5 Å². The van der Waals surface area contributed by atoms with Gasteiger partial charge in [0, 0.05) is 37.4 Å². The number of carbonyl (C=O) groups excluding carboxylic acids is 1. The molecule has 0 bridgehead atoms. The third-order valence-electron chi connectivity index (χ3n) is 6.34. The second kappa shape index (κ2) is 8.69. The number of likely N-dealkylation sites (tertiary alicyclic amines) is 1. The molecule has 0 atom stereocenters. The summed E-state index contributed by atoms with van der Waals surface area (Å²) < 4.78 is 52.5. The summed E-state index contributed by atoms with van der Waals surface area (Å²) in [5.74, 6) is 0.975. The normalized spacial score (nSPS) is 17.8. The number of nitrogens with zero attached hydrogens (tertiary/aromatic N) is 2. The van der Waals surface area contributed by atoms with Crippen LogP contribution in [0.3, 0.4) is 0 Å². The zero-order valence-corrected chi connectivity index (χ0v) is 18.3. The van der Waals surface area contributed by atoms with Crippen molar-refractivity contribution in [2.45, 2.75) is 44.4 Å². The Morgan fingerprint density at radius 2 is 1.88 bits per heavy atom. The average Bonchev–Trinajstić information content (AvgIpc) is 3.24. The SMILES string of the molecule is CCCOc1ccc(C(=O)N2CCC3(CC2)NCCn2c(C(F)(F)F)ccc23)cc1OC. The smallest absolute Gasteiger partial charge is 0.431 e. The highest BCUT2D eigenvalue weighted by molar-refractivity contribution is 5.95. The molecule has 2 aliphatic rings. The van der Waals surface area contributed by atoms with E-state index in [4.69, 9.17) is 9.47 Å². The summed E-state index contributed by atoms with van der Waals surface area (Å²) in [6.45, 7) is 4.23. The van der Waals surface area contributed by atoms with Crippen LogP contribution in [-0.4, -0.2) is 48.7 Å². The third-order valence-corrected chi connectivity index (χ3v) is 6.34. The van der Waals surface area contributed by atoms with Gasteiger partial charge in [-0.1, -0.05) is 6.92 Å². The zero-order valence-electron chi connectivity index (χ0n) is 18.3. The monoisotopic (exact) mass is 451 g/mol. The molecule has 32 heavy (non-hydrogen) atoms. The van der Waals surface area contributed by atoms with Gasteiger partial charge in [0.1, 0.15) is 5.69 Å². The topological polar surface area (TPSA) is 55.7 Å². The van der Waals surface area contributed by atoms with Crippen molar-refractivity contribution < 1.29 is 27.4 Å². The molecule has 3 heterocycles. The van der Waals surface area contributed by atoms with Gasteiger partial charge in [-0.3, -0.25) is 4.79 Å². The van der Waals surface area contributed by atoms with Crippen LogP contribution in [0.5, 0.6) is 11.5 Å². The fourth-order valence-corrected chi connectivity index (χ4v) is 4.71. The summed E-state index contributed by atoms with van der Waals surface area (Å²) in [5, 5.41) is 3.44. The molecule has 1 fully saturated rings. The molecule has 0 unspecified atom stereocenters. The van der Waals surface area contributed by atoms with E-state index in [1.165, 1.54) is 11.7 Å². The molecule has 9 heteroatoms. The second-order valence-corrected chi connectivity index (χ2v) is 8.27. The fraction of sp³-hybridized carbons (Fsp3) is 0.522. The third kappa shape index (κ3) is 4.05. The van der Waals surface area contributed by atoms with Crippen molar-refractivity contribution in [3.8, 4) is 11.5 Å². The number of halogens is 3. The minimum atomic E-state index is -4.38. The molecular weight excluding hydrogens is 423 g/mol. The van der Waals surface area contributed by atoms with Crippen molar-refractivity contribution in [2.24, 2.45) is 0 Å². The van der Waals surface area contributed by atoms with E-state index in [0.29, 0.717) is 61.8 Å². The molecule has 174 valence electrons. The van der Waals surface area contributed by atoms with Crippen LogP contribution in [0, 0.1) is 0 Å². The Bertz CT molecular complexity index is 979. The van der Waals surface area contributed by atoms with E-state index in [1.807, 2.05) is 6.92 Å². The van der Waals surface area contributed by atoms with Crippen molar-refractivity contribution >= 4 is 5.91 Å². The van der Waals surface area contributed by atoms with Gasteiger partial charge in [0.15, 0.2) is 11.5 Å². The lowest BCUT2D eigenvalue weighted by Crippen LogP contribution is -2.56. The fourth-order valence-electron chi connectivity index (χ4n) is 4.71. The van der Waals surface area contributed by atoms with E-state index in [0.717, 1.165) is 12.5 Å². The van der Waals surface area contributed by atoms with Gasteiger partial charge in [0.05, 0.1) is 19.3 Å². The number of hydrogen-bond donors (Lipinski definition) is 1. The number of amides is 1. The van der Waals surface area contributed by atoms with Crippen molar-refractivity contribution in [2.75, 3.05) is 33.4 Å². The molecule has 0 aliphatic carbocycles. The number of alkyl halides is 3. The Morgan fingerprint density at radius 3 is 2.53 bits per heavy atom. The Morgan fingerprint density at radius 1 is 1.12 bits per heavy atom. The van der Waals surface area contributed by atoms with Crippen LogP contribution in [-0.2, 0) is 18.3 Å². The molecule has 2 aliphatic heterocycles. The summed E-state index contributed by atoms with van der Waals surface area (Å²) in [5.41, 5.74) is 0.00116. The van der Waals surface area contributed by atoms with Crippen molar-refractivity contribution in [3.05, 3.63) is 47.3 Å². The maximum Gasteiger partial charge on any atom is 0.431 e. The van der Waals surface area contributed by atoms with E-state index in [2.05, 4.69) is 5.32 Å². The van der Waals surface area contributed by atoms with E-state index in [1.54, 1.807) is 29.2 Å². The number of benzene rings is 1. The summed E-state index contributed by atoms with van der Waals surface area (Å²) in [6, 6.07) is 7.88. The zero-order chi connectivity index (χ0) is 22.9. The number of carbonyl (C=O) groups is 1. The number of aromatic nitrogens is 1. The molecule has 1 aromatic carbocycles. The van der Waals surface area contributed by atoms with Gasteiger partial charge in [0.25, 0.3) is 5.91 Å². The van der Waals surface area contributed by atoms with Crippen molar-refractivity contribution in [1.29, 1.82) is 0 Å². The minimum Gasteiger partial charge on any atom is -0.493 e. The maximum absolute atomic E-state index is 13.4. The van der Waals surface area contributed by atoms with Crippen LogP contribution in [0.1, 0.15) is 47.9 Å². The highest BCUT2D eigenvalue weighted by Crippen LogP contribution is 2.40.